The van der Waals surface area contributed by atoms with Crippen molar-refractivity contribution >= 4 is 39.7 Å². The van der Waals surface area contributed by atoms with Crippen LogP contribution >= 0.6 is 27.5 Å². The van der Waals surface area contributed by atoms with Gasteiger partial charge in [-0.1, -0.05) is 11.6 Å². The minimum Gasteiger partial charge on any atom is -0.492 e. The average Bonchev–Trinajstić information content (AvgIpc) is 2.61. The highest BCUT2D eigenvalue weighted by molar-refractivity contribution is 9.10. The highest BCUT2D eigenvalue weighted by Crippen LogP contribution is 2.36. The highest BCUT2D eigenvalue weighted by atomic mass is 79.9. The Morgan fingerprint density at radius 3 is 2.65 bits per heavy atom. The first kappa shape index (κ1) is 20.1. The fourth-order valence-corrected chi connectivity index (χ4v) is 2.76. The number of hydrazone groups is 1. The molecule has 26 heavy (non-hydrogen) atoms. The van der Waals surface area contributed by atoms with Gasteiger partial charge in [0.05, 0.1) is 24.4 Å². The van der Waals surface area contributed by atoms with Gasteiger partial charge in [0.1, 0.15) is 5.75 Å². The van der Waals surface area contributed by atoms with E-state index in [9.17, 15) is 4.79 Å². The Balaban J connectivity index is 1.92. The van der Waals surface area contributed by atoms with Crippen LogP contribution in [0.3, 0.4) is 0 Å². The molecule has 2 aromatic carbocycles. The molecule has 2 aromatic rings. The van der Waals surface area contributed by atoms with Gasteiger partial charge < -0.3 is 14.2 Å². The third kappa shape index (κ3) is 5.93. The minimum atomic E-state index is -0.381. The Kier molecular flexibility index (Phi) is 7.74. The second kappa shape index (κ2) is 10.0. The number of halogens is 2. The molecule has 0 aromatic heterocycles. The van der Waals surface area contributed by atoms with Gasteiger partial charge in [-0.15, -0.1) is 0 Å². The molecule has 0 spiro atoms. The first-order valence-electron chi connectivity index (χ1n) is 7.74. The zero-order chi connectivity index (χ0) is 18.9. The molecule has 0 unspecified atom stereocenters. The molecule has 1 N–H and O–H groups in total. The summed E-state index contributed by atoms with van der Waals surface area (Å²) in [6, 6.07) is 10.3. The number of carbonyl (C=O) groups is 1. The van der Waals surface area contributed by atoms with E-state index in [-0.39, 0.29) is 12.5 Å². The zero-order valence-electron chi connectivity index (χ0n) is 14.3. The third-order valence-corrected chi connectivity index (χ3v) is 3.96. The quantitative estimate of drug-likeness (QED) is 0.496. The van der Waals surface area contributed by atoms with Gasteiger partial charge in [-0.05, 0) is 64.8 Å². The molecule has 8 heteroatoms. The van der Waals surface area contributed by atoms with Crippen LogP contribution in [0.4, 0.5) is 0 Å². The summed E-state index contributed by atoms with van der Waals surface area (Å²) in [7, 11) is 1.57. The molecule has 0 radical (unpaired) electrons. The number of benzene rings is 2. The molecule has 138 valence electrons. The van der Waals surface area contributed by atoms with E-state index in [0.717, 1.165) is 10.0 Å². The van der Waals surface area contributed by atoms with Gasteiger partial charge in [-0.2, -0.15) is 5.10 Å². The van der Waals surface area contributed by atoms with Gasteiger partial charge in [0.15, 0.2) is 18.1 Å². The predicted molar refractivity (Wildman–Crippen MR) is 105 cm³/mol. The van der Waals surface area contributed by atoms with Crippen molar-refractivity contribution in [3.63, 3.8) is 0 Å². The van der Waals surface area contributed by atoms with Crippen molar-refractivity contribution in [1.29, 1.82) is 0 Å². The molecule has 1 amide bonds. The lowest BCUT2D eigenvalue weighted by Gasteiger charge is -2.11. The van der Waals surface area contributed by atoms with E-state index in [0.29, 0.717) is 28.9 Å². The van der Waals surface area contributed by atoms with E-state index in [4.69, 9.17) is 25.8 Å². The van der Waals surface area contributed by atoms with Crippen LogP contribution in [-0.4, -0.2) is 32.4 Å². The summed E-state index contributed by atoms with van der Waals surface area (Å²) in [5, 5.41) is 4.52. The summed E-state index contributed by atoms with van der Waals surface area (Å²) in [6.07, 6.45) is 1.51. The maximum absolute atomic E-state index is 11.8. The monoisotopic (exact) mass is 440 g/mol. The molecule has 0 bridgehead atoms. The van der Waals surface area contributed by atoms with Crippen molar-refractivity contribution in [2.24, 2.45) is 5.10 Å². The molecule has 0 aliphatic rings. The number of hydrogen-bond donors (Lipinski definition) is 1. The van der Waals surface area contributed by atoms with E-state index in [2.05, 4.69) is 26.5 Å². The topological polar surface area (TPSA) is 69.2 Å². The van der Waals surface area contributed by atoms with Crippen molar-refractivity contribution in [2.45, 2.75) is 6.92 Å². The van der Waals surface area contributed by atoms with E-state index in [1.54, 1.807) is 43.5 Å². The Hall–Kier alpha value is -2.25. The van der Waals surface area contributed by atoms with Crippen LogP contribution in [0, 0.1) is 0 Å². The van der Waals surface area contributed by atoms with Crippen LogP contribution in [0.25, 0.3) is 0 Å². The van der Waals surface area contributed by atoms with E-state index >= 15 is 0 Å². The first-order chi connectivity index (χ1) is 12.5. The van der Waals surface area contributed by atoms with Crippen LogP contribution in [0.5, 0.6) is 17.2 Å². The van der Waals surface area contributed by atoms with Crippen LogP contribution < -0.4 is 19.6 Å². The third-order valence-electron chi connectivity index (χ3n) is 3.12. The van der Waals surface area contributed by atoms with Crippen molar-refractivity contribution in [3.8, 4) is 17.2 Å². The van der Waals surface area contributed by atoms with Gasteiger partial charge >= 0.3 is 0 Å². The van der Waals surface area contributed by atoms with Crippen LogP contribution in [-0.2, 0) is 4.79 Å². The fraction of sp³-hybridized carbons (Fsp3) is 0.222. The summed E-state index contributed by atoms with van der Waals surface area (Å²) in [5.41, 5.74) is 3.14. The first-order valence-corrected chi connectivity index (χ1v) is 8.91. The maximum Gasteiger partial charge on any atom is 0.277 e. The molecule has 0 aliphatic carbocycles. The fourth-order valence-electron chi connectivity index (χ4n) is 2.01. The van der Waals surface area contributed by atoms with Gasteiger partial charge in [0.25, 0.3) is 5.91 Å². The molecule has 0 saturated carbocycles. The predicted octanol–water partition coefficient (Wildman–Crippen LogP) is 4.04. The normalized spacial score (nSPS) is 10.6. The standard InChI is InChI=1S/C18H18BrClN2O4/c1-3-25-16-9-12(8-15(19)18(16)24-2)10-21-22-17(23)11-26-14-6-4-13(20)5-7-14/h4-10H,3,11H2,1-2H3,(H,22,23). The summed E-state index contributed by atoms with van der Waals surface area (Å²) in [6.45, 7) is 2.23. The summed E-state index contributed by atoms with van der Waals surface area (Å²) in [5.74, 6) is 1.36. The molecule has 0 heterocycles. The van der Waals surface area contributed by atoms with Gasteiger partial charge in [0.2, 0.25) is 0 Å². The largest absolute Gasteiger partial charge is 0.492 e. The molecule has 0 fully saturated rings. The van der Waals surface area contributed by atoms with Crippen molar-refractivity contribution in [2.75, 3.05) is 20.3 Å². The Labute approximate surface area is 165 Å². The van der Waals surface area contributed by atoms with E-state index < -0.39 is 0 Å². The Morgan fingerprint density at radius 1 is 1.27 bits per heavy atom. The smallest absolute Gasteiger partial charge is 0.277 e. The molecule has 6 nitrogen and oxygen atoms in total. The molecule has 0 saturated heterocycles. The lowest BCUT2D eigenvalue weighted by atomic mass is 10.2. The van der Waals surface area contributed by atoms with Crippen molar-refractivity contribution < 1.29 is 19.0 Å². The number of carbonyl (C=O) groups excluding carboxylic acids is 1. The molecular weight excluding hydrogens is 424 g/mol. The number of methoxy groups -OCH3 is 1. The second-order valence-corrected chi connectivity index (χ2v) is 6.29. The molecule has 0 atom stereocenters. The molecule has 0 aliphatic heterocycles. The van der Waals surface area contributed by atoms with Crippen LogP contribution in [0.1, 0.15) is 12.5 Å². The average molecular weight is 442 g/mol. The number of nitrogens with one attached hydrogen (secondary N) is 1. The Bertz CT molecular complexity index is 782. The summed E-state index contributed by atoms with van der Waals surface area (Å²) >= 11 is 9.21. The van der Waals surface area contributed by atoms with E-state index in [1.165, 1.54) is 6.21 Å². The van der Waals surface area contributed by atoms with Gasteiger partial charge in [0, 0.05) is 5.02 Å². The lowest BCUT2D eigenvalue weighted by molar-refractivity contribution is -0.123. The summed E-state index contributed by atoms with van der Waals surface area (Å²) in [4.78, 5) is 11.8. The van der Waals surface area contributed by atoms with Crippen LogP contribution in [0.2, 0.25) is 5.02 Å². The molecular formula is C18H18BrClN2O4. The maximum atomic E-state index is 11.8. The second-order valence-electron chi connectivity index (χ2n) is 5.00. The Morgan fingerprint density at radius 2 is 2.00 bits per heavy atom. The molecule has 2 rings (SSSR count). The number of nitrogens with zero attached hydrogens (tertiary/aromatic N) is 1. The number of amides is 1. The van der Waals surface area contributed by atoms with Crippen molar-refractivity contribution in [1.82, 2.24) is 5.43 Å². The van der Waals surface area contributed by atoms with Crippen molar-refractivity contribution in [3.05, 3.63) is 51.5 Å². The van der Waals surface area contributed by atoms with Crippen LogP contribution in [0.15, 0.2) is 46.0 Å². The van der Waals surface area contributed by atoms with E-state index in [1.807, 2.05) is 6.92 Å². The summed E-state index contributed by atoms with van der Waals surface area (Å²) < 4.78 is 16.9. The highest BCUT2D eigenvalue weighted by Gasteiger charge is 2.10. The SMILES string of the molecule is CCOc1cc(C=NNC(=O)COc2ccc(Cl)cc2)cc(Br)c1OC. The number of rotatable bonds is 8. The number of hydrogen-bond acceptors (Lipinski definition) is 5. The van der Waals surface area contributed by atoms with Gasteiger partial charge in [-0.3, -0.25) is 4.79 Å². The lowest BCUT2D eigenvalue weighted by Crippen LogP contribution is -2.24. The zero-order valence-corrected chi connectivity index (χ0v) is 16.6. The number of ether oxygens (including phenoxy) is 3. The minimum absolute atomic E-state index is 0.157. The van der Waals surface area contributed by atoms with Gasteiger partial charge in [-0.25, -0.2) is 5.43 Å².